The summed E-state index contributed by atoms with van der Waals surface area (Å²) in [6, 6.07) is 0.0449. The van der Waals surface area contributed by atoms with Gasteiger partial charge >= 0.3 is 0 Å². The molecule has 1 N–H and O–H groups in total. The first-order chi connectivity index (χ1) is 7.64. The second-order valence-electron chi connectivity index (χ2n) is 5.28. The molecular weight excluding hydrogens is 204 g/mol. The van der Waals surface area contributed by atoms with E-state index in [2.05, 4.69) is 19.2 Å². The van der Waals surface area contributed by atoms with Crippen molar-refractivity contribution in [2.45, 2.75) is 39.2 Å². The number of nitrogens with zero attached hydrogens (tertiary/aromatic N) is 1. The predicted molar refractivity (Wildman–Crippen MR) is 62.0 cm³/mol. The summed E-state index contributed by atoms with van der Waals surface area (Å²) in [6.07, 6.45) is 3.01. The lowest BCUT2D eigenvalue weighted by molar-refractivity contribution is -0.131. The van der Waals surface area contributed by atoms with Crippen molar-refractivity contribution >= 4 is 5.91 Å². The Kier molecular flexibility index (Phi) is 3.50. The number of carbonyl (C=O) groups excluding carboxylic acids is 1. The molecule has 2 fully saturated rings. The van der Waals surface area contributed by atoms with Crippen molar-refractivity contribution in [1.29, 1.82) is 0 Å². The number of hydrogen-bond donors (Lipinski definition) is 1. The Labute approximate surface area is 97.3 Å². The molecule has 2 heterocycles. The standard InChI is InChI=1S/C12H22N2O2/c1-3-10-11(15)14(9-13-10)8-12(2)4-6-16-7-5-12/h10,13H,3-9H2,1-2H3. The van der Waals surface area contributed by atoms with Crippen molar-refractivity contribution in [2.24, 2.45) is 5.41 Å². The van der Waals surface area contributed by atoms with Gasteiger partial charge in [0.15, 0.2) is 0 Å². The first-order valence-electron chi connectivity index (χ1n) is 6.24. The Bertz CT molecular complexity index is 262. The smallest absolute Gasteiger partial charge is 0.240 e. The molecule has 0 spiro atoms. The summed E-state index contributed by atoms with van der Waals surface area (Å²) < 4.78 is 5.38. The SMILES string of the molecule is CCC1NCN(CC2(C)CCOCC2)C1=O. The third kappa shape index (κ3) is 2.38. The average Bonchev–Trinajstić information content (AvgIpc) is 2.60. The second-order valence-corrected chi connectivity index (χ2v) is 5.28. The third-order valence-corrected chi connectivity index (χ3v) is 3.82. The molecule has 2 rings (SSSR count). The Hall–Kier alpha value is -0.610. The summed E-state index contributed by atoms with van der Waals surface area (Å²) in [5.74, 6) is 0.273. The topological polar surface area (TPSA) is 41.6 Å². The number of carbonyl (C=O) groups is 1. The molecular formula is C12H22N2O2. The van der Waals surface area contributed by atoms with Crippen molar-refractivity contribution in [3.8, 4) is 0 Å². The van der Waals surface area contributed by atoms with Gasteiger partial charge in [-0.3, -0.25) is 10.1 Å². The largest absolute Gasteiger partial charge is 0.381 e. The van der Waals surface area contributed by atoms with Crippen LogP contribution in [-0.4, -0.2) is 43.3 Å². The Morgan fingerprint density at radius 1 is 1.50 bits per heavy atom. The van der Waals surface area contributed by atoms with Gasteiger partial charge in [-0.15, -0.1) is 0 Å². The van der Waals surface area contributed by atoms with Crippen LogP contribution in [0.2, 0.25) is 0 Å². The van der Waals surface area contributed by atoms with Gasteiger partial charge in [0.25, 0.3) is 0 Å². The predicted octanol–water partition coefficient (Wildman–Crippen LogP) is 0.971. The van der Waals surface area contributed by atoms with Crippen LogP contribution in [0.4, 0.5) is 0 Å². The van der Waals surface area contributed by atoms with E-state index in [9.17, 15) is 4.79 Å². The van der Waals surface area contributed by atoms with Crippen LogP contribution in [0.25, 0.3) is 0 Å². The van der Waals surface area contributed by atoms with Crippen LogP contribution in [0.1, 0.15) is 33.1 Å². The van der Waals surface area contributed by atoms with E-state index < -0.39 is 0 Å². The van der Waals surface area contributed by atoms with Crippen LogP contribution >= 0.6 is 0 Å². The highest BCUT2D eigenvalue weighted by molar-refractivity contribution is 5.83. The molecule has 0 saturated carbocycles. The van der Waals surface area contributed by atoms with E-state index in [1.54, 1.807) is 0 Å². The van der Waals surface area contributed by atoms with Gasteiger partial charge in [-0.1, -0.05) is 13.8 Å². The maximum Gasteiger partial charge on any atom is 0.240 e. The minimum atomic E-state index is 0.0449. The molecule has 1 unspecified atom stereocenters. The number of amides is 1. The minimum Gasteiger partial charge on any atom is -0.381 e. The second kappa shape index (κ2) is 4.72. The highest BCUT2D eigenvalue weighted by Crippen LogP contribution is 2.31. The molecule has 0 radical (unpaired) electrons. The first-order valence-corrected chi connectivity index (χ1v) is 6.24. The fourth-order valence-electron chi connectivity index (χ4n) is 2.54. The molecule has 16 heavy (non-hydrogen) atoms. The minimum absolute atomic E-state index is 0.0449. The summed E-state index contributed by atoms with van der Waals surface area (Å²) in [5.41, 5.74) is 0.248. The van der Waals surface area contributed by atoms with E-state index in [-0.39, 0.29) is 17.4 Å². The van der Waals surface area contributed by atoms with Crippen molar-refractivity contribution in [1.82, 2.24) is 10.2 Å². The zero-order chi connectivity index (χ0) is 11.6. The van der Waals surface area contributed by atoms with Crippen LogP contribution in [0.5, 0.6) is 0 Å². The highest BCUT2D eigenvalue weighted by Gasteiger charge is 2.36. The number of rotatable bonds is 3. The van der Waals surface area contributed by atoms with E-state index in [4.69, 9.17) is 4.74 Å². The quantitative estimate of drug-likeness (QED) is 0.779. The Morgan fingerprint density at radius 3 is 2.75 bits per heavy atom. The Balaban J connectivity index is 1.92. The molecule has 2 aliphatic rings. The lowest BCUT2D eigenvalue weighted by atomic mass is 9.82. The molecule has 1 amide bonds. The number of nitrogens with one attached hydrogen (secondary N) is 1. The zero-order valence-corrected chi connectivity index (χ0v) is 10.3. The molecule has 4 heteroatoms. The van der Waals surface area contributed by atoms with Gasteiger partial charge in [0.1, 0.15) is 0 Å². The summed E-state index contributed by atoms with van der Waals surface area (Å²) >= 11 is 0. The van der Waals surface area contributed by atoms with Crippen LogP contribution in [-0.2, 0) is 9.53 Å². The maximum atomic E-state index is 12.0. The Morgan fingerprint density at radius 2 is 2.19 bits per heavy atom. The zero-order valence-electron chi connectivity index (χ0n) is 10.3. The molecule has 1 atom stereocenters. The van der Waals surface area contributed by atoms with Crippen molar-refractivity contribution in [2.75, 3.05) is 26.4 Å². The van der Waals surface area contributed by atoms with Crippen molar-refractivity contribution in [3.63, 3.8) is 0 Å². The van der Waals surface area contributed by atoms with E-state index in [1.807, 2.05) is 4.90 Å². The molecule has 92 valence electrons. The first kappa shape index (κ1) is 11.9. The summed E-state index contributed by atoms with van der Waals surface area (Å²) in [7, 11) is 0. The summed E-state index contributed by atoms with van der Waals surface area (Å²) in [6.45, 7) is 7.58. The van der Waals surface area contributed by atoms with E-state index in [0.29, 0.717) is 6.67 Å². The summed E-state index contributed by atoms with van der Waals surface area (Å²) in [5, 5.41) is 3.26. The fraction of sp³-hybridized carbons (Fsp3) is 0.917. The van der Waals surface area contributed by atoms with Gasteiger partial charge in [-0.05, 0) is 24.7 Å². The van der Waals surface area contributed by atoms with E-state index in [0.717, 1.165) is 39.0 Å². The van der Waals surface area contributed by atoms with Crippen LogP contribution in [0.3, 0.4) is 0 Å². The monoisotopic (exact) mass is 226 g/mol. The number of ether oxygens (including phenoxy) is 1. The lowest BCUT2D eigenvalue weighted by Crippen LogP contribution is -2.41. The molecule has 0 bridgehead atoms. The van der Waals surface area contributed by atoms with Gasteiger partial charge < -0.3 is 9.64 Å². The molecule has 2 aliphatic heterocycles. The van der Waals surface area contributed by atoms with Gasteiger partial charge in [-0.25, -0.2) is 0 Å². The summed E-state index contributed by atoms with van der Waals surface area (Å²) in [4.78, 5) is 14.0. The van der Waals surface area contributed by atoms with Gasteiger partial charge in [0, 0.05) is 19.8 Å². The van der Waals surface area contributed by atoms with E-state index in [1.165, 1.54) is 0 Å². The van der Waals surface area contributed by atoms with Gasteiger partial charge in [0.05, 0.1) is 12.7 Å². The normalized spacial score (nSPS) is 29.8. The molecule has 2 saturated heterocycles. The molecule has 0 aromatic heterocycles. The fourth-order valence-corrected chi connectivity index (χ4v) is 2.54. The van der Waals surface area contributed by atoms with Gasteiger partial charge in [0.2, 0.25) is 5.91 Å². The highest BCUT2D eigenvalue weighted by atomic mass is 16.5. The molecule has 0 aliphatic carbocycles. The lowest BCUT2D eigenvalue weighted by Gasteiger charge is -2.36. The van der Waals surface area contributed by atoms with E-state index >= 15 is 0 Å². The molecule has 0 aromatic carbocycles. The third-order valence-electron chi connectivity index (χ3n) is 3.82. The maximum absolute atomic E-state index is 12.0. The van der Waals surface area contributed by atoms with Crippen molar-refractivity contribution in [3.05, 3.63) is 0 Å². The van der Waals surface area contributed by atoms with Crippen LogP contribution in [0, 0.1) is 5.41 Å². The van der Waals surface area contributed by atoms with Crippen LogP contribution < -0.4 is 5.32 Å². The molecule has 0 aromatic rings. The van der Waals surface area contributed by atoms with Crippen LogP contribution in [0.15, 0.2) is 0 Å². The molecule has 4 nitrogen and oxygen atoms in total. The van der Waals surface area contributed by atoms with Crippen molar-refractivity contribution < 1.29 is 9.53 Å². The van der Waals surface area contributed by atoms with Gasteiger partial charge in [-0.2, -0.15) is 0 Å². The number of hydrogen-bond acceptors (Lipinski definition) is 3. The average molecular weight is 226 g/mol.